The molecule has 0 aliphatic heterocycles. The molecule has 1 aromatic rings. The summed E-state index contributed by atoms with van der Waals surface area (Å²) in [6, 6.07) is 0. The first kappa shape index (κ1) is 8.62. The van der Waals surface area contributed by atoms with Gasteiger partial charge in [0.25, 0.3) is 5.82 Å². The minimum Gasteiger partial charge on any atom is -0.333 e. The summed E-state index contributed by atoms with van der Waals surface area (Å²) in [4.78, 5) is 10.7. The Bertz CT molecular complexity index is 348. The highest BCUT2D eigenvalue weighted by molar-refractivity contribution is 4.92. The summed E-state index contributed by atoms with van der Waals surface area (Å²) in [5, 5.41) is 2.90. The molecule has 1 heterocycles. The van der Waals surface area contributed by atoms with E-state index in [2.05, 4.69) is 5.10 Å². The molecule has 1 rings (SSSR count). The third-order valence-corrected chi connectivity index (χ3v) is 1.21. The van der Waals surface area contributed by atoms with Crippen LogP contribution in [0.2, 0.25) is 0 Å². The van der Waals surface area contributed by atoms with Gasteiger partial charge in [-0.1, -0.05) is 0 Å². The van der Waals surface area contributed by atoms with Gasteiger partial charge in [-0.3, -0.25) is 0 Å². The predicted molar refractivity (Wildman–Crippen MR) is 32.6 cm³/mol. The molecule has 0 saturated heterocycles. The fourth-order valence-corrected chi connectivity index (χ4v) is 0.673. The van der Waals surface area contributed by atoms with E-state index in [9.17, 15) is 18.0 Å². The molecule has 0 saturated carbocycles. The Balaban J connectivity index is 3.38. The van der Waals surface area contributed by atoms with Gasteiger partial charge >= 0.3 is 11.9 Å². The number of halogens is 3. The maximum atomic E-state index is 11.9. The highest BCUT2D eigenvalue weighted by atomic mass is 19.4. The number of aromatic nitrogens is 3. The highest BCUT2D eigenvalue weighted by Gasteiger charge is 2.38. The Morgan fingerprint density at radius 3 is 2.17 bits per heavy atom. The first-order valence-electron chi connectivity index (χ1n) is 2.82. The second-order valence-electron chi connectivity index (χ2n) is 2.10. The molecule has 0 aromatic carbocycles. The number of nitrogen functional groups attached to an aromatic ring is 1. The number of nitrogens with two attached hydrogens (primary N) is 1. The van der Waals surface area contributed by atoms with E-state index in [4.69, 9.17) is 5.84 Å². The normalized spacial score (nSPS) is 12.0. The van der Waals surface area contributed by atoms with Gasteiger partial charge in [-0.25, -0.2) is 9.48 Å². The quantitative estimate of drug-likeness (QED) is 0.540. The Morgan fingerprint density at radius 1 is 1.50 bits per heavy atom. The topological polar surface area (TPSA) is 65.8 Å². The third-order valence-electron chi connectivity index (χ3n) is 1.21. The van der Waals surface area contributed by atoms with Crippen LogP contribution in [0.5, 0.6) is 0 Å². The second-order valence-corrected chi connectivity index (χ2v) is 2.10. The van der Waals surface area contributed by atoms with Crippen LogP contribution in [-0.2, 0) is 13.2 Å². The van der Waals surface area contributed by atoms with Gasteiger partial charge in [0.2, 0.25) is 0 Å². The van der Waals surface area contributed by atoms with Crippen molar-refractivity contribution < 1.29 is 13.2 Å². The molecule has 12 heavy (non-hydrogen) atoms. The second kappa shape index (κ2) is 2.26. The average Bonchev–Trinajstić information content (AvgIpc) is 2.15. The summed E-state index contributed by atoms with van der Waals surface area (Å²) >= 11 is 0. The molecule has 0 bridgehead atoms. The van der Waals surface area contributed by atoms with E-state index in [0.717, 1.165) is 7.05 Å². The van der Waals surface area contributed by atoms with Crippen molar-refractivity contribution in [1.82, 2.24) is 14.5 Å². The van der Waals surface area contributed by atoms with Gasteiger partial charge in [0.15, 0.2) is 0 Å². The summed E-state index contributed by atoms with van der Waals surface area (Å²) < 4.78 is 36.3. The van der Waals surface area contributed by atoms with Crippen molar-refractivity contribution >= 4 is 0 Å². The van der Waals surface area contributed by atoms with Crippen LogP contribution >= 0.6 is 0 Å². The molecule has 1 aromatic heterocycles. The largest absolute Gasteiger partial charge is 0.453 e. The average molecular weight is 182 g/mol. The van der Waals surface area contributed by atoms with Crippen molar-refractivity contribution in [3.8, 4) is 0 Å². The molecule has 0 aliphatic carbocycles. The SMILES string of the molecule is Cn1nc(C(F)(F)F)n(N)c1=O. The van der Waals surface area contributed by atoms with E-state index in [1.165, 1.54) is 0 Å². The van der Waals surface area contributed by atoms with Crippen LogP contribution in [0.15, 0.2) is 4.79 Å². The number of nitrogens with zero attached hydrogens (tertiary/aromatic N) is 3. The zero-order valence-corrected chi connectivity index (χ0v) is 5.96. The van der Waals surface area contributed by atoms with Crippen molar-refractivity contribution in [3.63, 3.8) is 0 Å². The van der Waals surface area contributed by atoms with Gasteiger partial charge in [0.1, 0.15) is 0 Å². The van der Waals surface area contributed by atoms with E-state index in [1.807, 2.05) is 0 Å². The zero-order chi connectivity index (χ0) is 9.52. The molecule has 0 fully saturated rings. The molecule has 8 heteroatoms. The van der Waals surface area contributed by atoms with Crippen LogP contribution in [0.4, 0.5) is 13.2 Å². The minimum absolute atomic E-state index is 0.0417. The number of hydrogen-bond acceptors (Lipinski definition) is 3. The number of alkyl halides is 3. The minimum atomic E-state index is -4.70. The molecule has 5 nitrogen and oxygen atoms in total. The van der Waals surface area contributed by atoms with E-state index in [1.54, 1.807) is 0 Å². The number of aryl methyl sites for hydroxylation is 1. The first-order chi connectivity index (χ1) is 5.34. The first-order valence-corrected chi connectivity index (χ1v) is 2.82. The molecule has 0 spiro atoms. The monoisotopic (exact) mass is 182 g/mol. The Labute approximate surface area is 64.2 Å². The molecule has 0 amide bonds. The van der Waals surface area contributed by atoms with Crippen molar-refractivity contribution in [2.24, 2.45) is 7.05 Å². The molecule has 2 N–H and O–H groups in total. The Kier molecular flexibility index (Phi) is 1.62. The van der Waals surface area contributed by atoms with E-state index in [0.29, 0.717) is 4.68 Å². The lowest BCUT2D eigenvalue weighted by molar-refractivity contribution is -0.146. The Morgan fingerprint density at radius 2 is 2.00 bits per heavy atom. The highest BCUT2D eigenvalue weighted by Crippen LogP contribution is 2.25. The standard InChI is InChI=1S/C4H5F3N4O/c1-10-3(12)11(8)2(9-10)4(5,6)7/h8H2,1H3. The van der Waals surface area contributed by atoms with E-state index in [-0.39, 0.29) is 4.68 Å². The van der Waals surface area contributed by atoms with Gasteiger partial charge in [-0.05, 0) is 0 Å². The van der Waals surface area contributed by atoms with Gasteiger partial charge < -0.3 is 5.84 Å². The molecule has 0 atom stereocenters. The number of rotatable bonds is 0. The zero-order valence-electron chi connectivity index (χ0n) is 5.96. The molecule has 0 aliphatic rings. The van der Waals surface area contributed by atoms with Crippen molar-refractivity contribution in [3.05, 3.63) is 16.3 Å². The maximum Gasteiger partial charge on any atom is 0.453 e. The van der Waals surface area contributed by atoms with Crippen LogP contribution < -0.4 is 11.5 Å². The van der Waals surface area contributed by atoms with Gasteiger partial charge in [-0.15, -0.1) is 5.10 Å². The van der Waals surface area contributed by atoms with Crippen LogP contribution in [0.1, 0.15) is 5.82 Å². The maximum absolute atomic E-state index is 11.9. The summed E-state index contributed by atoms with van der Waals surface area (Å²) in [7, 11) is 1.08. The van der Waals surface area contributed by atoms with Crippen LogP contribution in [0.25, 0.3) is 0 Å². The molecular formula is C4H5F3N4O. The number of hydrogen-bond donors (Lipinski definition) is 1. The predicted octanol–water partition coefficient (Wildman–Crippen LogP) is -0.686. The van der Waals surface area contributed by atoms with E-state index >= 15 is 0 Å². The lowest BCUT2D eigenvalue weighted by Crippen LogP contribution is -2.31. The van der Waals surface area contributed by atoms with Crippen molar-refractivity contribution in [2.45, 2.75) is 6.18 Å². The molecule has 68 valence electrons. The lowest BCUT2D eigenvalue weighted by atomic mass is 10.6. The summed E-state index contributed by atoms with van der Waals surface area (Å²) in [6.07, 6.45) is -4.70. The van der Waals surface area contributed by atoms with Crippen LogP contribution in [0, 0.1) is 0 Å². The van der Waals surface area contributed by atoms with E-state index < -0.39 is 17.7 Å². The van der Waals surface area contributed by atoms with Crippen molar-refractivity contribution in [1.29, 1.82) is 0 Å². The van der Waals surface area contributed by atoms with Crippen LogP contribution in [0.3, 0.4) is 0 Å². The lowest BCUT2D eigenvalue weighted by Gasteiger charge is -2.01. The summed E-state index contributed by atoms with van der Waals surface area (Å²) in [6.45, 7) is 0. The third kappa shape index (κ3) is 1.15. The smallest absolute Gasteiger partial charge is 0.333 e. The van der Waals surface area contributed by atoms with Gasteiger partial charge in [-0.2, -0.15) is 17.8 Å². The Hall–Kier alpha value is -1.47. The van der Waals surface area contributed by atoms with Gasteiger partial charge in [0.05, 0.1) is 0 Å². The molecular weight excluding hydrogens is 177 g/mol. The van der Waals surface area contributed by atoms with Crippen molar-refractivity contribution in [2.75, 3.05) is 5.84 Å². The molecule has 0 radical (unpaired) electrons. The fourth-order valence-electron chi connectivity index (χ4n) is 0.673. The van der Waals surface area contributed by atoms with Gasteiger partial charge in [0, 0.05) is 7.05 Å². The summed E-state index contributed by atoms with van der Waals surface area (Å²) in [5.74, 6) is 3.38. The molecule has 0 unspecified atom stereocenters. The van der Waals surface area contributed by atoms with Crippen LogP contribution in [-0.4, -0.2) is 14.5 Å². The summed E-state index contributed by atoms with van der Waals surface area (Å²) in [5.41, 5.74) is -1.01. The fraction of sp³-hybridized carbons (Fsp3) is 0.500.